The molecular weight excluding hydrogens is 297 g/mol. The van der Waals surface area contributed by atoms with Crippen LogP contribution in [0.5, 0.6) is 0 Å². The molecule has 1 aromatic carbocycles. The zero-order chi connectivity index (χ0) is 10.6. The lowest BCUT2D eigenvalue weighted by molar-refractivity contribution is -0.105. The van der Waals surface area contributed by atoms with Gasteiger partial charge in [-0.2, -0.15) is 0 Å². The number of hydrogen-bond donors (Lipinski definition) is 1. The van der Waals surface area contributed by atoms with Crippen LogP contribution in [0, 0.1) is 3.57 Å². The highest BCUT2D eigenvalue weighted by atomic mass is 127. The maximum atomic E-state index is 11.2. The third-order valence-corrected chi connectivity index (χ3v) is 2.78. The Morgan fingerprint density at radius 1 is 1.57 bits per heavy atom. The third kappa shape index (κ3) is 2.22. The summed E-state index contributed by atoms with van der Waals surface area (Å²) in [5.41, 5.74) is 1.04. The van der Waals surface area contributed by atoms with Crippen molar-refractivity contribution in [3.05, 3.63) is 27.3 Å². The molecule has 0 bridgehead atoms. The van der Waals surface area contributed by atoms with E-state index in [0.717, 1.165) is 0 Å². The van der Waals surface area contributed by atoms with Crippen LogP contribution in [-0.2, 0) is 9.53 Å². The summed E-state index contributed by atoms with van der Waals surface area (Å²) >= 11 is 1.98. The maximum absolute atomic E-state index is 11.2. The fraction of sp³-hybridized carbons (Fsp3) is 0.111. The van der Waals surface area contributed by atoms with Gasteiger partial charge in [-0.25, -0.2) is 4.79 Å². The SMILES string of the molecule is COC(=O)c1cccc(NC=O)c1I. The molecule has 0 saturated heterocycles. The molecule has 4 nitrogen and oxygen atoms in total. The van der Waals surface area contributed by atoms with E-state index in [1.807, 2.05) is 22.6 Å². The van der Waals surface area contributed by atoms with Gasteiger partial charge in [0.05, 0.1) is 21.9 Å². The predicted molar refractivity (Wildman–Crippen MR) is 60.2 cm³/mol. The van der Waals surface area contributed by atoms with Crippen LogP contribution in [0.15, 0.2) is 18.2 Å². The minimum Gasteiger partial charge on any atom is -0.465 e. The third-order valence-electron chi connectivity index (χ3n) is 1.62. The van der Waals surface area contributed by atoms with Gasteiger partial charge in [0.15, 0.2) is 0 Å². The van der Waals surface area contributed by atoms with Crippen LogP contribution in [0.3, 0.4) is 0 Å². The molecule has 0 atom stereocenters. The lowest BCUT2D eigenvalue weighted by Crippen LogP contribution is -2.06. The molecule has 1 amide bonds. The Hall–Kier alpha value is -1.11. The molecule has 1 aromatic rings. The first kappa shape index (κ1) is 11.0. The molecule has 14 heavy (non-hydrogen) atoms. The number of carbonyl (C=O) groups is 2. The van der Waals surface area contributed by atoms with E-state index in [1.54, 1.807) is 18.2 Å². The normalized spacial score (nSPS) is 9.29. The Labute approximate surface area is 94.8 Å². The number of methoxy groups -OCH3 is 1. The van der Waals surface area contributed by atoms with Crippen LogP contribution in [0.2, 0.25) is 0 Å². The van der Waals surface area contributed by atoms with Gasteiger partial charge in [-0.3, -0.25) is 4.79 Å². The van der Waals surface area contributed by atoms with Gasteiger partial charge in [-0.05, 0) is 34.7 Å². The van der Waals surface area contributed by atoms with Crippen molar-refractivity contribution in [1.29, 1.82) is 0 Å². The molecule has 0 aromatic heterocycles. The fourth-order valence-electron chi connectivity index (χ4n) is 0.975. The van der Waals surface area contributed by atoms with E-state index in [1.165, 1.54) is 7.11 Å². The van der Waals surface area contributed by atoms with Crippen LogP contribution in [0.25, 0.3) is 0 Å². The number of benzene rings is 1. The van der Waals surface area contributed by atoms with Crippen molar-refractivity contribution in [2.75, 3.05) is 12.4 Å². The summed E-state index contributed by atoms with van der Waals surface area (Å²) in [6.07, 6.45) is 0.568. The second-order valence-electron chi connectivity index (χ2n) is 2.42. The zero-order valence-electron chi connectivity index (χ0n) is 7.41. The molecule has 0 aliphatic carbocycles. The highest BCUT2D eigenvalue weighted by Crippen LogP contribution is 2.22. The average Bonchev–Trinajstić information content (AvgIpc) is 2.20. The molecular formula is C9H8INO3. The number of ether oxygens (including phenoxy) is 1. The van der Waals surface area contributed by atoms with Crippen LogP contribution < -0.4 is 5.32 Å². The Morgan fingerprint density at radius 3 is 2.86 bits per heavy atom. The first-order valence-electron chi connectivity index (χ1n) is 3.77. The highest BCUT2D eigenvalue weighted by molar-refractivity contribution is 14.1. The Morgan fingerprint density at radius 2 is 2.29 bits per heavy atom. The maximum Gasteiger partial charge on any atom is 0.339 e. The van der Waals surface area contributed by atoms with Crippen LogP contribution >= 0.6 is 22.6 Å². The number of rotatable bonds is 3. The number of carbonyl (C=O) groups excluding carboxylic acids is 2. The van der Waals surface area contributed by atoms with Crippen molar-refractivity contribution in [3.63, 3.8) is 0 Å². The van der Waals surface area contributed by atoms with E-state index in [4.69, 9.17) is 0 Å². The summed E-state index contributed by atoms with van der Waals surface area (Å²) in [4.78, 5) is 21.5. The number of nitrogens with one attached hydrogen (secondary N) is 1. The van der Waals surface area contributed by atoms with Gasteiger partial charge in [-0.15, -0.1) is 0 Å². The van der Waals surface area contributed by atoms with E-state index in [2.05, 4.69) is 10.1 Å². The van der Waals surface area contributed by atoms with Gasteiger partial charge in [0, 0.05) is 0 Å². The van der Waals surface area contributed by atoms with Gasteiger partial charge in [-0.1, -0.05) is 6.07 Å². The Bertz CT molecular complexity index is 365. The molecule has 0 saturated carbocycles. The second-order valence-corrected chi connectivity index (χ2v) is 3.50. The molecule has 0 unspecified atom stereocenters. The summed E-state index contributed by atoms with van der Waals surface area (Å²) < 4.78 is 5.26. The molecule has 74 valence electrons. The monoisotopic (exact) mass is 305 g/mol. The average molecular weight is 305 g/mol. The lowest BCUT2D eigenvalue weighted by Gasteiger charge is -2.06. The van der Waals surface area contributed by atoms with Gasteiger partial charge < -0.3 is 10.1 Å². The first-order valence-corrected chi connectivity index (χ1v) is 4.85. The molecule has 0 fully saturated rings. The molecule has 1 N–H and O–H groups in total. The van der Waals surface area contributed by atoms with Crippen molar-refractivity contribution < 1.29 is 14.3 Å². The van der Waals surface area contributed by atoms with Gasteiger partial charge in [0.2, 0.25) is 6.41 Å². The standard InChI is InChI=1S/C9H8INO3/c1-14-9(13)6-3-2-4-7(8(6)10)11-5-12/h2-5H,1H3,(H,11,12). The quantitative estimate of drug-likeness (QED) is 0.525. The van der Waals surface area contributed by atoms with Crippen molar-refractivity contribution in [1.82, 2.24) is 0 Å². The summed E-state index contributed by atoms with van der Waals surface area (Å²) in [6, 6.07) is 5.03. The van der Waals surface area contributed by atoms with Gasteiger partial charge >= 0.3 is 5.97 Å². The fourth-order valence-corrected chi connectivity index (χ4v) is 1.71. The highest BCUT2D eigenvalue weighted by Gasteiger charge is 2.12. The molecule has 0 radical (unpaired) electrons. The number of halogens is 1. The van der Waals surface area contributed by atoms with Crippen molar-refractivity contribution in [2.24, 2.45) is 0 Å². The van der Waals surface area contributed by atoms with E-state index in [-0.39, 0.29) is 0 Å². The minimum absolute atomic E-state index is 0.413. The summed E-state index contributed by atoms with van der Waals surface area (Å²) in [7, 11) is 1.32. The van der Waals surface area contributed by atoms with E-state index >= 15 is 0 Å². The molecule has 0 aliphatic rings. The van der Waals surface area contributed by atoms with Gasteiger partial charge in [0.25, 0.3) is 0 Å². The van der Waals surface area contributed by atoms with Crippen LogP contribution in [0.1, 0.15) is 10.4 Å². The van der Waals surface area contributed by atoms with Crippen LogP contribution in [-0.4, -0.2) is 19.5 Å². The summed E-state index contributed by atoms with van der Waals surface area (Å²) in [5.74, 6) is -0.413. The van der Waals surface area contributed by atoms with Gasteiger partial charge in [0.1, 0.15) is 0 Å². The van der Waals surface area contributed by atoms with E-state index in [9.17, 15) is 9.59 Å². The molecule has 0 aliphatic heterocycles. The summed E-state index contributed by atoms with van der Waals surface area (Å²) in [6.45, 7) is 0. The Kier molecular flexibility index (Phi) is 3.87. The molecule has 0 spiro atoms. The minimum atomic E-state index is -0.413. The largest absolute Gasteiger partial charge is 0.465 e. The number of hydrogen-bond acceptors (Lipinski definition) is 3. The van der Waals surface area contributed by atoms with Crippen molar-refractivity contribution in [3.8, 4) is 0 Å². The molecule has 0 heterocycles. The first-order chi connectivity index (χ1) is 6.70. The second kappa shape index (κ2) is 4.94. The van der Waals surface area contributed by atoms with Crippen molar-refractivity contribution in [2.45, 2.75) is 0 Å². The zero-order valence-corrected chi connectivity index (χ0v) is 9.57. The number of esters is 1. The smallest absolute Gasteiger partial charge is 0.339 e. The molecule has 1 rings (SSSR count). The van der Waals surface area contributed by atoms with E-state index in [0.29, 0.717) is 21.2 Å². The van der Waals surface area contributed by atoms with Crippen LogP contribution in [0.4, 0.5) is 5.69 Å². The Balaban J connectivity index is 3.13. The summed E-state index contributed by atoms with van der Waals surface area (Å²) in [5, 5.41) is 2.50. The number of anilines is 1. The topological polar surface area (TPSA) is 55.4 Å². The number of amides is 1. The predicted octanol–water partition coefficient (Wildman–Crippen LogP) is 1.65. The molecule has 5 heteroatoms. The lowest BCUT2D eigenvalue weighted by atomic mass is 10.2. The van der Waals surface area contributed by atoms with Crippen molar-refractivity contribution >= 4 is 40.7 Å². The van der Waals surface area contributed by atoms with E-state index < -0.39 is 5.97 Å².